The number of ether oxygens (including phenoxy) is 2. The number of hydrogen-bond acceptors (Lipinski definition) is 3. The van der Waals surface area contributed by atoms with E-state index in [0.717, 1.165) is 13.6 Å². The average molecular weight is 476 g/mol. The van der Waals surface area contributed by atoms with E-state index in [2.05, 4.69) is 38.5 Å². The van der Waals surface area contributed by atoms with Gasteiger partial charge in [-0.1, -0.05) is 28.1 Å². The van der Waals surface area contributed by atoms with Crippen molar-refractivity contribution < 1.29 is 14.3 Å². The van der Waals surface area contributed by atoms with Gasteiger partial charge in [0, 0.05) is 10.0 Å². The molecule has 6 heteroatoms. The fraction of sp³-hybridized carbons (Fsp3) is 0.188. The van der Waals surface area contributed by atoms with Crippen molar-refractivity contribution in [2.24, 2.45) is 5.73 Å². The third-order valence-corrected chi connectivity index (χ3v) is 4.16. The molecule has 2 rings (SSSR count). The van der Waals surface area contributed by atoms with Crippen molar-refractivity contribution in [3.8, 4) is 11.5 Å². The van der Waals surface area contributed by atoms with Gasteiger partial charge in [0.1, 0.15) is 6.61 Å². The number of primary amides is 1. The van der Waals surface area contributed by atoms with E-state index in [0.29, 0.717) is 30.3 Å². The largest absolute Gasteiger partial charge is 0.490 e. The van der Waals surface area contributed by atoms with Gasteiger partial charge in [-0.2, -0.15) is 0 Å². The van der Waals surface area contributed by atoms with Crippen LogP contribution in [-0.2, 0) is 6.61 Å². The Morgan fingerprint density at radius 1 is 1.27 bits per heavy atom. The fourth-order valence-corrected chi connectivity index (χ4v) is 3.10. The van der Waals surface area contributed by atoms with Gasteiger partial charge in [-0.3, -0.25) is 4.79 Å². The standard InChI is InChI=1S/C16H15BrINO3/c1-2-21-14-8-11(16(19)20)7-13(18)15(14)22-9-10-4-3-5-12(17)6-10/h3-8H,2,9H2,1H3,(H2,19,20). The first-order valence-corrected chi connectivity index (χ1v) is 8.51. The highest BCUT2D eigenvalue weighted by Crippen LogP contribution is 2.34. The number of halogens is 2. The smallest absolute Gasteiger partial charge is 0.248 e. The molecule has 22 heavy (non-hydrogen) atoms. The first-order chi connectivity index (χ1) is 10.5. The third kappa shape index (κ3) is 4.36. The summed E-state index contributed by atoms with van der Waals surface area (Å²) in [6, 6.07) is 11.2. The van der Waals surface area contributed by atoms with Crippen LogP contribution in [0.25, 0.3) is 0 Å². The molecule has 0 bridgehead atoms. The summed E-state index contributed by atoms with van der Waals surface area (Å²) in [5, 5.41) is 0. The molecule has 0 saturated heterocycles. The minimum Gasteiger partial charge on any atom is -0.490 e. The van der Waals surface area contributed by atoms with Crippen LogP contribution in [-0.4, -0.2) is 12.5 Å². The molecule has 1 amide bonds. The third-order valence-electron chi connectivity index (χ3n) is 2.87. The molecule has 0 radical (unpaired) electrons. The molecule has 116 valence electrons. The molecule has 0 fully saturated rings. The number of carbonyl (C=O) groups is 1. The number of amides is 1. The predicted molar refractivity (Wildman–Crippen MR) is 97.3 cm³/mol. The van der Waals surface area contributed by atoms with Gasteiger partial charge in [0.25, 0.3) is 0 Å². The first-order valence-electron chi connectivity index (χ1n) is 6.64. The maximum absolute atomic E-state index is 11.4. The van der Waals surface area contributed by atoms with Crippen LogP contribution in [0, 0.1) is 3.57 Å². The summed E-state index contributed by atoms with van der Waals surface area (Å²) < 4.78 is 13.2. The highest BCUT2D eigenvalue weighted by molar-refractivity contribution is 14.1. The van der Waals surface area contributed by atoms with Crippen molar-refractivity contribution in [1.82, 2.24) is 0 Å². The number of nitrogens with two attached hydrogens (primary N) is 1. The summed E-state index contributed by atoms with van der Waals surface area (Å²) in [5.74, 6) is 0.656. The van der Waals surface area contributed by atoms with Gasteiger partial charge in [-0.25, -0.2) is 0 Å². The summed E-state index contributed by atoms with van der Waals surface area (Å²) in [6.07, 6.45) is 0. The monoisotopic (exact) mass is 475 g/mol. The van der Waals surface area contributed by atoms with Crippen LogP contribution in [0.2, 0.25) is 0 Å². The Hall–Kier alpha value is -1.28. The minimum absolute atomic E-state index is 0.405. The van der Waals surface area contributed by atoms with E-state index in [-0.39, 0.29) is 0 Å². The zero-order valence-electron chi connectivity index (χ0n) is 11.9. The quantitative estimate of drug-likeness (QED) is 0.639. The average Bonchev–Trinajstić information content (AvgIpc) is 2.46. The van der Waals surface area contributed by atoms with Gasteiger partial charge in [0.2, 0.25) is 5.91 Å². The molecule has 4 nitrogen and oxygen atoms in total. The van der Waals surface area contributed by atoms with E-state index in [9.17, 15) is 4.79 Å². The van der Waals surface area contributed by atoms with Crippen LogP contribution in [0.4, 0.5) is 0 Å². The number of carbonyl (C=O) groups excluding carboxylic acids is 1. The Morgan fingerprint density at radius 3 is 2.68 bits per heavy atom. The molecule has 0 spiro atoms. The normalized spacial score (nSPS) is 10.3. The van der Waals surface area contributed by atoms with Gasteiger partial charge in [-0.15, -0.1) is 0 Å². The summed E-state index contributed by atoms with van der Waals surface area (Å²) >= 11 is 5.55. The highest BCUT2D eigenvalue weighted by atomic mass is 127. The molecule has 2 aromatic carbocycles. The summed E-state index contributed by atoms with van der Waals surface area (Å²) in [6.45, 7) is 2.76. The molecule has 2 aromatic rings. The second-order valence-electron chi connectivity index (χ2n) is 4.50. The van der Waals surface area contributed by atoms with Crippen LogP contribution < -0.4 is 15.2 Å². The van der Waals surface area contributed by atoms with Gasteiger partial charge in [-0.05, 0) is 59.3 Å². The highest BCUT2D eigenvalue weighted by Gasteiger charge is 2.14. The maximum atomic E-state index is 11.4. The molecule has 0 heterocycles. The van der Waals surface area contributed by atoms with Crippen molar-refractivity contribution in [3.63, 3.8) is 0 Å². The van der Waals surface area contributed by atoms with Crippen LogP contribution in [0.15, 0.2) is 40.9 Å². The second kappa shape index (κ2) is 7.82. The summed E-state index contributed by atoms with van der Waals surface area (Å²) in [4.78, 5) is 11.4. The van der Waals surface area contributed by atoms with Gasteiger partial charge >= 0.3 is 0 Å². The van der Waals surface area contributed by atoms with Crippen LogP contribution in [0.3, 0.4) is 0 Å². The lowest BCUT2D eigenvalue weighted by atomic mass is 10.2. The molecule has 0 aliphatic rings. The maximum Gasteiger partial charge on any atom is 0.248 e. The van der Waals surface area contributed by atoms with Crippen LogP contribution in [0.1, 0.15) is 22.8 Å². The van der Waals surface area contributed by atoms with Gasteiger partial charge in [0.05, 0.1) is 10.2 Å². The number of rotatable bonds is 6. The minimum atomic E-state index is -0.489. The van der Waals surface area contributed by atoms with E-state index in [1.807, 2.05) is 31.2 Å². The lowest BCUT2D eigenvalue weighted by Crippen LogP contribution is -2.12. The van der Waals surface area contributed by atoms with Crippen molar-refractivity contribution in [1.29, 1.82) is 0 Å². The Bertz CT molecular complexity index is 691. The molecule has 0 atom stereocenters. The van der Waals surface area contributed by atoms with Crippen molar-refractivity contribution in [2.75, 3.05) is 6.61 Å². The molecular weight excluding hydrogens is 461 g/mol. The van der Waals surface area contributed by atoms with Gasteiger partial charge < -0.3 is 15.2 Å². The molecular formula is C16H15BrINO3. The Morgan fingerprint density at radius 2 is 2.05 bits per heavy atom. The lowest BCUT2D eigenvalue weighted by molar-refractivity contribution is 0.0999. The van der Waals surface area contributed by atoms with Crippen molar-refractivity contribution in [3.05, 3.63) is 55.6 Å². The van der Waals surface area contributed by atoms with Crippen LogP contribution in [0.5, 0.6) is 11.5 Å². The predicted octanol–water partition coefficient (Wildman–Crippen LogP) is 4.13. The Kier molecular flexibility index (Phi) is 6.07. The summed E-state index contributed by atoms with van der Waals surface area (Å²) in [5.41, 5.74) is 6.77. The van der Waals surface area contributed by atoms with E-state index < -0.39 is 5.91 Å². The van der Waals surface area contributed by atoms with E-state index in [4.69, 9.17) is 15.2 Å². The van der Waals surface area contributed by atoms with Gasteiger partial charge in [0.15, 0.2) is 11.5 Å². The van der Waals surface area contributed by atoms with Crippen LogP contribution >= 0.6 is 38.5 Å². The Labute approximate surface area is 151 Å². The van der Waals surface area contributed by atoms with E-state index >= 15 is 0 Å². The fourth-order valence-electron chi connectivity index (χ4n) is 1.90. The Balaban J connectivity index is 2.27. The molecule has 2 N–H and O–H groups in total. The molecule has 0 unspecified atom stereocenters. The molecule has 0 aromatic heterocycles. The van der Waals surface area contributed by atoms with Crippen molar-refractivity contribution in [2.45, 2.75) is 13.5 Å². The summed E-state index contributed by atoms with van der Waals surface area (Å²) in [7, 11) is 0. The van der Waals surface area contributed by atoms with E-state index in [1.54, 1.807) is 12.1 Å². The molecule has 0 saturated carbocycles. The molecule has 0 aliphatic carbocycles. The first kappa shape index (κ1) is 17.1. The number of benzene rings is 2. The second-order valence-corrected chi connectivity index (χ2v) is 6.58. The molecule has 0 aliphatic heterocycles. The van der Waals surface area contributed by atoms with E-state index in [1.165, 1.54) is 0 Å². The number of hydrogen-bond donors (Lipinski definition) is 1. The lowest BCUT2D eigenvalue weighted by Gasteiger charge is -2.15. The van der Waals surface area contributed by atoms with Crippen molar-refractivity contribution >= 4 is 44.4 Å². The topological polar surface area (TPSA) is 61.5 Å². The SMILES string of the molecule is CCOc1cc(C(N)=O)cc(I)c1OCc1cccc(Br)c1. The zero-order valence-corrected chi connectivity index (χ0v) is 15.7. The zero-order chi connectivity index (χ0) is 16.1.